The Morgan fingerprint density at radius 1 is 1.36 bits per heavy atom. The first-order valence-corrected chi connectivity index (χ1v) is 9.63. The Bertz CT molecular complexity index is 1060. The molecule has 2 aromatic heterocycles. The summed E-state index contributed by atoms with van der Waals surface area (Å²) < 4.78 is 33.3. The topological polar surface area (TPSA) is 87.2 Å². The van der Waals surface area contributed by atoms with Crippen LogP contribution < -0.4 is 10.5 Å². The van der Waals surface area contributed by atoms with Crippen LogP contribution in [0.5, 0.6) is 5.75 Å². The summed E-state index contributed by atoms with van der Waals surface area (Å²) in [7, 11) is -3.73. The molecule has 0 saturated carbocycles. The lowest BCUT2D eigenvalue weighted by molar-refractivity contribution is 0.356. The van der Waals surface area contributed by atoms with Gasteiger partial charge in [-0.2, -0.15) is 0 Å². The van der Waals surface area contributed by atoms with Crippen molar-refractivity contribution in [1.82, 2.24) is 8.96 Å². The zero-order chi connectivity index (χ0) is 17.6. The number of ether oxygens (including phenoxy) is 1. The number of rotatable bonds is 4. The van der Waals surface area contributed by atoms with Crippen molar-refractivity contribution >= 4 is 21.1 Å². The van der Waals surface area contributed by atoms with Crippen LogP contribution in [0.15, 0.2) is 47.6 Å². The average molecular weight is 357 g/mol. The smallest absolute Gasteiger partial charge is 0.268 e. The third-order valence-corrected chi connectivity index (χ3v) is 6.33. The molecular weight excluding hydrogens is 338 g/mol. The fraction of sp³-hybridized carbons (Fsp3) is 0.278. The summed E-state index contributed by atoms with van der Waals surface area (Å²) >= 11 is 0. The monoisotopic (exact) mass is 357 g/mol. The van der Waals surface area contributed by atoms with Crippen molar-refractivity contribution in [2.24, 2.45) is 5.73 Å². The number of hydrogen-bond acceptors (Lipinski definition) is 5. The van der Waals surface area contributed by atoms with Crippen LogP contribution in [0.25, 0.3) is 11.0 Å². The molecule has 0 bridgehead atoms. The lowest BCUT2D eigenvalue weighted by Gasteiger charge is -2.09. The molecule has 0 fully saturated rings. The molecule has 3 heterocycles. The fourth-order valence-electron chi connectivity index (χ4n) is 3.18. The second-order valence-electron chi connectivity index (χ2n) is 6.26. The van der Waals surface area contributed by atoms with E-state index in [0.29, 0.717) is 24.2 Å². The Labute approximate surface area is 146 Å². The SMILES string of the molecule is CC(CN)c1cn(S(=O)(=O)c2ccc3c(c2)CCO3)c2cccnc12. The molecule has 1 unspecified atom stereocenters. The molecule has 7 heteroatoms. The number of nitrogens with two attached hydrogens (primary N) is 1. The Kier molecular flexibility index (Phi) is 3.77. The maximum absolute atomic E-state index is 13.2. The highest BCUT2D eigenvalue weighted by Gasteiger charge is 2.25. The molecule has 25 heavy (non-hydrogen) atoms. The molecule has 4 rings (SSSR count). The molecule has 3 aromatic rings. The minimum Gasteiger partial charge on any atom is -0.493 e. The second kappa shape index (κ2) is 5.86. The number of pyridine rings is 1. The van der Waals surface area contributed by atoms with Gasteiger partial charge < -0.3 is 10.5 Å². The van der Waals surface area contributed by atoms with Gasteiger partial charge in [0.05, 0.1) is 22.5 Å². The summed E-state index contributed by atoms with van der Waals surface area (Å²) in [6, 6.07) is 8.52. The van der Waals surface area contributed by atoms with Gasteiger partial charge >= 0.3 is 0 Å². The summed E-state index contributed by atoms with van der Waals surface area (Å²) in [6.07, 6.45) is 4.04. The number of nitrogens with zero attached hydrogens (tertiary/aromatic N) is 2. The standard InChI is InChI=1S/C18H19N3O3S/c1-12(10-19)15-11-21(16-3-2-7-20-18(15)16)25(22,23)14-4-5-17-13(9-14)6-8-24-17/h2-5,7,9,11-12H,6,8,10,19H2,1H3. The van der Waals surface area contributed by atoms with E-state index < -0.39 is 10.0 Å². The van der Waals surface area contributed by atoms with Gasteiger partial charge in [0.25, 0.3) is 10.0 Å². The minimum atomic E-state index is -3.73. The molecule has 0 aliphatic carbocycles. The Morgan fingerprint density at radius 3 is 3.00 bits per heavy atom. The van der Waals surface area contributed by atoms with Crippen molar-refractivity contribution in [2.45, 2.75) is 24.2 Å². The van der Waals surface area contributed by atoms with E-state index in [0.717, 1.165) is 23.3 Å². The van der Waals surface area contributed by atoms with Gasteiger partial charge in [0.15, 0.2) is 0 Å². The molecule has 0 saturated heterocycles. The van der Waals surface area contributed by atoms with Crippen LogP contribution in [0, 0.1) is 0 Å². The highest BCUT2D eigenvalue weighted by Crippen LogP contribution is 2.32. The van der Waals surface area contributed by atoms with E-state index in [9.17, 15) is 8.42 Å². The van der Waals surface area contributed by atoms with E-state index in [1.54, 1.807) is 42.7 Å². The zero-order valence-corrected chi connectivity index (χ0v) is 14.7. The van der Waals surface area contributed by atoms with E-state index >= 15 is 0 Å². The fourth-order valence-corrected chi connectivity index (χ4v) is 4.59. The second-order valence-corrected chi connectivity index (χ2v) is 8.08. The Balaban J connectivity index is 1.91. The third kappa shape index (κ3) is 2.51. The summed E-state index contributed by atoms with van der Waals surface area (Å²) in [4.78, 5) is 4.63. The van der Waals surface area contributed by atoms with Gasteiger partial charge in [-0.3, -0.25) is 4.98 Å². The van der Waals surface area contributed by atoms with Gasteiger partial charge in [-0.15, -0.1) is 0 Å². The van der Waals surface area contributed by atoms with Gasteiger partial charge in [0.1, 0.15) is 5.75 Å². The van der Waals surface area contributed by atoms with Crippen LogP contribution in [0.2, 0.25) is 0 Å². The molecule has 1 aromatic carbocycles. The van der Waals surface area contributed by atoms with Crippen LogP contribution in [-0.2, 0) is 16.4 Å². The van der Waals surface area contributed by atoms with Crippen LogP contribution in [0.4, 0.5) is 0 Å². The van der Waals surface area contributed by atoms with Crippen molar-refractivity contribution in [1.29, 1.82) is 0 Å². The molecule has 2 N–H and O–H groups in total. The average Bonchev–Trinajstić information content (AvgIpc) is 3.25. The number of aromatic nitrogens is 2. The molecule has 0 amide bonds. The number of hydrogen-bond donors (Lipinski definition) is 1. The maximum Gasteiger partial charge on any atom is 0.268 e. The van der Waals surface area contributed by atoms with Crippen LogP contribution >= 0.6 is 0 Å². The summed E-state index contributed by atoms with van der Waals surface area (Å²) in [5, 5.41) is 0. The quantitative estimate of drug-likeness (QED) is 0.774. The van der Waals surface area contributed by atoms with Gasteiger partial charge in [0.2, 0.25) is 0 Å². The zero-order valence-electron chi connectivity index (χ0n) is 13.8. The molecule has 6 nitrogen and oxygen atoms in total. The Hall–Kier alpha value is -2.38. The predicted octanol–water partition coefficient (Wildman–Crippen LogP) is 2.27. The van der Waals surface area contributed by atoms with Gasteiger partial charge in [-0.05, 0) is 48.4 Å². The largest absolute Gasteiger partial charge is 0.493 e. The normalized spacial score (nSPS) is 15.1. The van der Waals surface area contributed by atoms with Crippen molar-refractivity contribution in [3.8, 4) is 5.75 Å². The van der Waals surface area contributed by atoms with Crippen LogP contribution in [0.3, 0.4) is 0 Å². The van der Waals surface area contributed by atoms with E-state index in [-0.39, 0.29) is 10.8 Å². The lowest BCUT2D eigenvalue weighted by atomic mass is 10.0. The maximum atomic E-state index is 13.2. The van der Waals surface area contributed by atoms with Crippen LogP contribution in [-0.4, -0.2) is 30.5 Å². The van der Waals surface area contributed by atoms with E-state index in [1.165, 1.54) is 3.97 Å². The summed E-state index contributed by atoms with van der Waals surface area (Å²) in [5.41, 5.74) is 8.79. The summed E-state index contributed by atoms with van der Waals surface area (Å²) in [6.45, 7) is 2.98. The third-order valence-electron chi connectivity index (χ3n) is 4.66. The molecule has 0 spiro atoms. The number of fused-ring (bicyclic) bond motifs is 2. The number of benzene rings is 1. The molecule has 0 radical (unpaired) electrons. The molecule has 1 aliphatic rings. The predicted molar refractivity (Wildman–Crippen MR) is 95.4 cm³/mol. The van der Waals surface area contributed by atoms with E-state index in [4.69, 9.17) is 10.5 Å². The highest BCUT2D eigenvalue weighted by molar-refractivity contribution is 7.90. The van der Waals surface area contributed by atoms with E-state index in [1.807, 2.05) is 6.92 Å². The Morgan fingerprint density at radius 2 is 2.20 bits per heavy atom. The molecular formula is C18H19N3O3S. The first-order valence-electron chi connectivity index (χ1n) is 8.19. The summed E-state index contributed by atoms with van der Waals surface area (Å²) in [5.74, 6) is 0.776. The minimum absolute atomic E-state index is 0.0160. The van der Waals surface area contributed by atoms with Crippen molar-refractivity contribution < 1.29 is 13.2 Å². The van der Waals surface area contributed by atoms with E-state index in [2.05, 4.69) is 4.98 Å². The molecule has 1 aliphatic heterocycles. The highest BCUT2D eigenvalue weighted by atomic mass is 32.2. The van der Waals surface area contributed by atoms with Gasteiger partial charge in [0, 0.05) is 24.4 Å². The first-order chi connectivity index (χ1) is 12.0. The molecule has 1 atom stereocenters. The lowest BCUT2D eigenvalue weighted by Crippen LogP contribution is -2.12. The van der Waals surface area contributed by atoms with Gasteiger partial charge in [-0.1, -0.05) is 6.92 Å². The van der Waals surface area contributed by atoms with Crippen molar-refractivity contribution in [2.75, 3.05) is 13.2 Å². The first kappa shape index (κ1) is 16.1. The van der Waals surface area contributed by atoms with Crippen molar-refractivity contribution in [3.05, 3.63) is 53.9 Å². The van der Waals surface area contributed by atoms with Crippen molar-refractivity contribution in [3.63, 3.8) is 0 Å². The molecule has 130 valence electrons. The van der Waals surface area contributed by atoms with Crippen LogP contribution in [0.1, 0.15) is 24.0 Å². The van der Waals surface area contributed by atoms with Gasteiger partial charge in [-0.25, -0.2) is 12.4 Å².